The second kappa shape index (κ2) is 14.7. The summed E-state index contributed by atoms with van der Waals surface area (Å²) in [6.07, 6.45) is 18.8. The summed E-state index contributed by atoms with van der Waals surface area (Å²) in [7, 11) is 0. The Morgan fingerprint density at radius 1 is 0.875 bits per heavy atom. The summed E-state index contributed by atoms with van der Waals surface area (Å²) in [6, 6.07) is 0. The minimum absolute atomic E-state index is 0.0638. The third-order valence-electron chi connectivity index (χ3n) is 5.22. The Hall–Kier alpha value is -0.570. The lowest BCUT2D eigenvalue weighted by molar-refractivity contribution is -0.151. The van der Waals surface area contributed by atoms with Crippen LogP contribution in [0.4, 0.5) is 0 Å². The van der Waals surface area contributed by atoms with Crippen molar-refractivity contribution in [1.29, 1.82) is 0 Å². The lowest BCUT2D eigenvalue weighted by Gasteiger charge is -2.24. The van der Waals surface area contributed by atoms with Crippen molar-refractivity contribution in [3.05, 3.63) is 0 Å². The Kier molecular flexibility index (Phi) is 13.2. The Labute approximate surface area is 149 Å². The molecule has 0 heterocycles. The van der Waals surface area contributed by atoms with Crippen LogP contribution in [0.5, 0.6) is 0 Å². The van der Waals surface area contributed by atoms with Crippen molar-refractivity contribution in [2.24, 2.45) is 5.92 Å². The molecule has 1 N–H and O–H groups in total. The summed E-state index contributed by atoms with van der Waals surface area (Å²) >= 11 is 0. The zero-order chi connectivity index (χ0) is 17.5. The number of aliphatic hydroxyl groups is 1. The fourth-order valence-electron chi connectivity index (χ4n) is 3.61. The van der Waals surface area contributed by atoms with Crippen LogP contribution >= 0.6 is 0 Å². The third-order valence-corrected chi connectivity index (χ3v) is 5.22. The van der Waals surface area contributed by atoms with Gasteiger partial charge in [-0.1, -0.05) is 84.0 Å². The average Bonchev–Trinajstić information content (AvgIpc) is 2.59. The first kappa shape index (κ1) is 21.5. The van der Waals surface area contributed by atoms with Crippen LogP contribution in [-0.4, -0.2) is 23.8 Å². The molecule has 0 aromatic rings. The van der Waals surface area contributed by atoms with E-state index in [0.29, 0.717) is 13.0 Å². The highest BCUT2D eigenvalue weighted by Gasteiger charge is 2.26. The highest BCUT2D eigenvalue weighted by molar-refractivity contribution is 5.72. The van der Waals surface area contributed by atoms with Crippen molar-refractivity contribution in [1.82, 2.24) is 0 Å². The van der Waals surface area contributed by atoms with E-state index in [1.165, 1.54) is 64.2 Å². The van der Waals surface area contributed by atoms with Gasteiger partial charge in [0.25, 0.3) is 0 Å². The van der Waals surface area contributed by atoms with Gasteiger partial charge in [0.15, 0.2) is 0 Å². The SMILES string of the molecule is CCCCCCCCCCCCCCOC(=O)C1CCCC(O)C1. The Morgan fingerprint density at radius 2 is 1.42 bits per heavy atom. The number of carbonyl (C=O) groups excluding carboxylic acids is 1. The zero-order valence-corrected chi connectivity index (χ0v) is 15.9. The summed E-state index contributed by atoms with van der Waals surface area (Å²) in [5, 5.41) is 9.60. The van der Waals surface area contributed by atoms with Gasteiger partial charge in [-0.05, 0) is 25.7 Å². The summed E-state index contributed by atoms with van der Waals surface area (Å²) in [5.41, 5.74) is 0. The van der Waals surface area contributed by atoms with Crippen molar-refractivity contribution in [2.45, 2.75) is 116 Å². The molecule has 1 fully saturated rings. The van der Waals surface area contributed by atoms with Crippen molar-refractivity contribution in [3.63, 3.8) is 0 Å². The number of ether oxygens (including phenoxy) is 1. The number of unbranched alkanes of at least 4 members (excludes halogenated alkanes) is 11. The van der Waals surface area contributed by atoms with E-state index in [0.717, 1.165) is 32.1 Å². The van der Waals surface area contributed by atoms with Crippen LogP contribution in [0, 0.1) is 5.92 Å². The molecule has 0 aliphatic heterocycles. The molecule has 1 aliphatic carbocycles. The maximum absolute atomic E-state index is 11.9. The first-order valence-corrected chi connectivity index (χ1v) is 10.6. The van der Waals surface area contributed by atoms with Crippen molar-refractivity contribution in [2.75, 3.05) is 6.61 Å². The topological polar surface area (TPSA) is 46.5 Å². The Bertz CT molecular complexity index is 303. The quantitative estimate of drug-likeness (QED) is 0.322. The summed E-state index contributed by atoms with van der Waals surface area (Å²) in [5.74, 6) is -0.150. The van der Waals surface area contributed by atoms with Gasteiger partial charge in [-0.2, -0.15) is 0 Å². The average molecular weight is 341 g/mol. The lowest BCUT2D eigenvalue weighted by Crippen LogP contribution is -2.27. The number of carbonyl (C=O) groups is 1. The van der Waals surface area contributed by atoms with E-state index < -0.39 is 0 Å². The fourth-order valence-corrected chi connectivity index (χ4v) is 3.61. The van der Waals surface area contributed by atoms with E-state index in [4.69, 9.17) is 4.74 Å². The lowest BCUT2D eigenvalue weighted by atomic mass is 9.87. The summed E-state index contributed by atoms with van der Waals surface area (Å²) in [4.78, 5) is 11.9. The number of hydrogen-bond donors (Lipinski definition) is 1. The van der Waals surface area contributed by atoms with E-state index >= 15 is 0 Å². The van der Waals surface area contributed by atoms with Crippen LogP contribution in [0.25, 0.3) is 0 Å². The number of hydrogen-bond acceptors (Lipinski definition) is 3. The molecule has 0 aromatic carbocycles. The van der Waals surface area contributed by atoms with Gasteiger partial charge in [-0.15, -0.1) is 0 Å². The molecule has 0 spiro atoms. The van der Waals surface area contributed by atoms with Crippen LogP contribution < -0.4 is 0 Å². The van der Waals surface area contributed by atoms with E-state index in [1.54, 1.807) is 0 Å². The number of aliphatic hydroxyl groups excluding tert-OH is 1. The van der Waals surface area contributed by atoms with Crippen LogP contribution in [0.2, 0.25) is 0 Å². The van der Waals surface area contributed by atoms with Gasteiger partial charge in [0, 0.05) is 0 Å². The Morgan fingerprint density at radius 3 is 1.96 bits per heavy atom. The molecular formula is C21H40O3. The van der Waals surface area contributed by atoms with Crippen LogP contribution in [0.3, 0.4) is 0 Å². The van der Waals surface area contributed by atoms with Gasteiger partial charge in [0.2, 0.25) is 0 Å². The molecule has 0 bridgehead atoms. The Balaban J connectivity index is 1.81. The van der Waals surface area contributed by atoms with E-state index in [2.05, 4.69) is 6.92 Å². The maximum Gasteiger partial charge on any atom is 0.309 e. The molecule has 3 nitrogen and oxygen atoms in total. The molecular weight excluding hydrogens is 300 g/mol. The van der Waals surface area contributed by atoms with Crippen molar-refractivity contribution < 1.29 is 14.6 Å². The van der Waals surface area contributed by atoms with Crippen molar-refractivity contribution >= 4 is 5.97 Å². The predicted molar refractivity (Wildman–Crippen MR) is 100 cm³/mol. The summed E-state index contributed by atoms with van der Waals surface area (Å²) < 4.78 is 5.37. The van der Waals surface area contributed by atoms with Crippen LogP contribution in [-0.2, 0) is 9.53 Å². The van der Waals surface area contributed by atoms with Crippen LogP contribution in [0.15, 0.2) is 0 Å². The van der Waals surface area contributed by atoms with Gasteiger partial charge >= 0.3 is 5.97 Å². The largest absolute Gasteiger partial charge is 0.465 e. The van der Waals surface area contributed by atoms with E-state index in [9.17, 15) is 9.90 Å². The molecule has 0 amide bonds. The molecule has 1 rings (SSSR count). The molecule has 24 heavy (non-hydrogen) atoms. The minimum atomic E-state index is -0.303. The zero-order valence-electron chi connectivity index (χ0n) is 15.9. The van der Waals surface area contributed by atoms with Crippen molar-refractivity contribution in [3.8, 4) is 0 Å². The highest BCUT2D eigenvalue weighted by Crippen LogP contribution is 2.25. The van der Waals surface area contributed by atoms with Gasteiger partial charge < -0.3 is 9.84 Å². The molecule has 142 valence electrons. The molecule has 3 heteroatoms. The number of esters is 1. The molecule has 2 unspecified atom stereocenters. The molecule has 0 radical (unpaired) electrons. The van der Waals surface area contributed by atoms with Gasteiger partial charge in [-0.25, -0.2) is 0 Å². The first-order valence-electron chi connectivity index (χ1n) is 10.6. The fraction of sp³-hybridized carbons (Fsp3) is 0.952. The second-order valence-corrected chi connectivity index (χ2v) is 7.57. The molecule has 2 atom stereocenters. The number of rotatable bonds is 14. The van der Waals surface area contributed by atoms with Gasteiger partial charge in [0.05, 0.1) is 18.6 Å². The van der Waals surface area contributed by atoms with Gasteiger partial charge in [0.1, 0.15) is 0 Å². The smallest absolute Gasteiger partial charge is 0.309 e. The summed E-state index contributed by atoms with van der Waals surface area (Å²) in [6.45, 7) is 2.82. The maximum atomic E-state index is 11.9. The molecule has 1 aliphatic rings. The highest BCUT2D eigenvalue weighted by atomic mass is 16.5. The van der Waals surface area contributed by atoms with Crippen LogP contribution in [0.1, 0.15) is 110 Å². The third kappa shape index (κ3) is 11.1. The second-order valence-electron chi connectivity index (χ2n) is 7.57. The molecule has 0 saturated heterocycles. The van der Waals surface area contributed by atoms with E-state index in [-0.39, 0.29) is 18.0 Å². The first-order chi connectivity index (χ1) is 11.7. The predicted octanol–water partition coefficient (Wildman–Crippen LogP) is 5.78. The standard InChI is InChI=1S/C21H40O3/c1-2-3-4-5-6-7-8-9-10-11-12-13-17-24-21(23)19-15-14-16-20(22)18-19/h19-20,22H,2-18H2,1H3. The van der Waals surface area contributed by atoms with E-state index in [1.807, 2.05) is 0 Å². The minimum Gasteiger partial charge on any atom is -0.465 e. The monoisotopic (exact) mass is 340 g/mol. The molecule has 0 aromatic heterocycles. The van der Waals surface area contributed by atoms with Gasteiger partial charge in [-0.3, -0.25) is 4.79 Å². The molecule has 1 saturated carbocycles. The normalized spacial score (nSPS) is 20.9.